The summed E-state index contributed by atoms with van der Waals surface area (Å²) in [6.07, 6.45) is 2.53. The van der Waals surface area contributed by atoms with Gasteiger partial charge < -0.3 is 10.3 Å². The first-order valence-electron chi connectivity index (χ1n) is 4.48. The minimum atomic E-state index is 0.494. The lowest BCUT2D eigenvalue weighted by molar-refractivity contribution is 0.660. The van der Waals surface area contributed by atoms with E-state index in [1.165, 1.54) is 12.8 Å². The van der Waals surface area contributed by atoms with Gasteiger partial charge in [-0.05, 0) is 19.8 Å². The lowest BCUT2D eigenvalue weighted by Gasteiger charge is -2.03. The normalized spacial score (nSPS) is 16.8. The molecule has 0 spiro atoms. The molecule has 1 saturated carbocycles. The summed E-state index contributed by atoms with van der Waals surface area (Å²) in [6, 6.07) is 0. The highest BCUT2D eigenvalue weighted by atomic mass is 15.3. The molecule has 2 N–H and O–H groups in total. The number of hydrogen-bond donors (Lipinski definition) is 1. The third kappa shape index (κ3) is 1.12. The van der Waals surface area contributed by atoms with Crippen LogP contribution in [-0.4, -0.2) is 14.8 Å². The topological polar surface area (TPSA) is 56.7 Å². The van der Waals surface area contributed by atoms with Crippen LogP contribution in [0.25, 0.3) is 0 Å². The van der Waals surface area contributed by atoms with Crippen molar-refractivity contribution in [2.24, 2.45) is 5.73 Å². The van der Waals surface area contributed by atoms with Crippen molar-refractivity contribution >= 4 is 0 Å². The fourth-order valence-corrected chi connectivity index (χ4v) is 1.49. The fraction of sp³-hybridized carbons (Fsp3) is 0.750. The Hall–Kier alpha value is -0.900. The minimum absolute atomic E-state index is 0.494. The Morgan fingerprint density at radius 1 is 1.50 bits per heavy atom. The largest absolute Gasteiger partial charge is 0.324 e. The van der Waals surface area contributed by atoms with E-state index in [2.05, 4.69) is 21.7 Å². The minimum Gasteiger partial charge on any atom is -0.324 e. The van der Waals surface area contributed by atoms with E-state index in [0.29, 0.717) is 12.5 Å². The second-order valence-corrected chi connectivity index (χ2v) is 3.20. The van der Waals surface area contributed by atoms with Crippen molar-refractivity contribution in [2.75, 3.05) is 0 Å². The van der Waals surface area contributed by atoms with Gasteiger partial charge in [0.05, 0.1) is 6.54 Å². The molecule has 0 radical (unpaired) electrons. The predicted octanol–water partition coefficient (Wildman–Crippen LogP) is 0.634. The van der Waals surface area contributed by atoms with Crippen molar-refractivity contribution in [3.63, 3.8) is 0 Å². The molecule has 12 heavy (non-hydrogen) atoms. The Bertz CT molecular complexity index is 275. The van der Waals surface area contributed by atoms with Gasteiger partial charge >= 0.3 is 0 Å². The van der Waals surface area contributed by atoms with Crippen LogP contribution < -0.4 is 5.73 Å². The molecule has 4 heteroatoms. The van der Waals surface area contributed by atoms with Crippen molar-refractivity contribution in [1.29, 1.82) is 0 Å². The molecule has 0 amide bonds. The summed E-state index contributed by atoms with van der Waals surface area (Å²) >= 11 is 0. The molecule has 0 unspecified atom stereocenters. The third-order valence-electron chi connectivity index (χ3n) is 2.30. The van der Waals surface area contributed by atoms with Gasteiger partial charge in [-0.15, -0.1) is 10.2 Å². The molecular formula is C8H14N4. The summed E-state index contributed by atoms with van der Waals surface area (Å²) in [4.78, 5) is 0. The average Bonchev–Trinajstić information content (AvgIpc) is 2.85. The van der Waals surface area contributed by atoms with E-state index in [1.54, 1.807) is 0 Å². The highest BCUT2D eigenvalue weighted by molar-refractivity contribution is 5.08. The monoisotopic (exact) mass is 166 g/mol. The molecule has 0 atom stereocenters. The first-order chi connectivity index (χ1) is 5.86. The zero-order valence-corrected chi connectivity index (χ0v) is 7.32. The second-order valence-electron chi connectivity index (χ2n) is 3.20. The Morgan fingerprint density at radius 3 is 2.75 bits per heavy atom. The SMILES string of the molecule is CCn1c(CN)nnc1C1CC1. The van der Waals surface area contributed by atoms with Crippen LogP contribution in [0.4, 0.5) is 0 Å². The lowest BCUT2D eigenvalue weighted by atomic mass is 10.4. The fourth-order valence-electron chi connectivity index (χ4n) is 1.49. The van der Waals surface area contributed by atoms with Crippen molar-refractivity contribution < 1.29 is 0 Å². The van der Waals surface area contributed by atoms with E-state index in [9.17, 15) is 0 Å². The summed E-state index contributed by atoms with van der Waals surface area (Å²) in [5, 5.41) is 8.21. The van der Waals surface area contributed by atoms with Crippen LogP contribution in [-0.2, 0) is 13.1 Å². The molecule has 1 aromatic heterocycles. The first kappa shape index (κ1) is 7.73. The summed E-state index contributed by atoms with van der Waals surface area (Å²) in [5.41, 5.74) is 5.54. The van der Waals surface area contributed by atoms with Gasteiger partial charge in [0.25, 0.3) is 0 Å². The Kier molecular flexibility index (Phi) is 1.84. The van der Waals surface area contributed by atoms with Crippen LogP contribution in [0.15, 0.2) is 0 Å². The van der Waals surface area contributed by atoms with E-state index in [0.717, 1.165) is 18.2 Å². The summed E-state index contributed by atoms with van der Waals surface area (Å²) < 4.78 is 2.14. The molecular weight excluding hydrogens is 152 g/mol. The highest BCUT2D eigenvalue weighted by Crippen LogP contribution is 2.38. The molecule has 0 aromatic carbocycles. The van der Waals surface area contributed by atoms with Crippen molar-refractivity contribution in [3.8, 4) is 0 Å². The van der Waals surface area contributed by atoms with Gasteiger partial charge in [-0.25, -0.2) is 0 Å². The molecule has 0 aliphatic heterocycles. The van der Waals surface area contributed by atoms with E-state index in [4.69, 9.17) is 5.73 Å². The Balaban J connectivity index is 2.33. The molecule has 1 fully saturated rings. The van der Waals surface area contributed by atoms with Gasteiger partial charge in [-0.1, -0.05) is 0 Å². The van der Waals surface area contributed by atoms with Crippen molar-refractivity contribution in [2.45, 2.75) is 38.8 Å². The van der Waals surface area contributed by atoms with Crippen LogP contribution >= 0.6 is 0 Å². The highest BCUT2D eigenvalue weighted by Gasteiger charge is 2.29. The number of hydrogen-bond acceptors (Lipinski definition) is 3. The molecule has 1 aliphatic carbocycles. The second kappa shape index (κ2) is 2.86. The van der Waals surface area contributed by atoms with Crippen LogP contribution in [0.2, 0.25) is 0 Å². The summed E-state index contributed by atoms with van der Waals surface area (Å²) in [5.74, 6) is 2.72. The van der Waals surface area contributed by atoms with Gasteiger partial charge in [0.15, 0.2) is 0 Å². The van der Waals surface area contributed by atoms with Crippen LogP contribution in [0.3, 0.4) is 0 Å². The summed E-state index contributed by atoms with van der Waals surface area (Å²) in [7, 11) is 0. The van der Waals surface area contributed by atoms with Gasteiger partial charge in [0.2, 0.25) is 0 Å². The smallest absolute Gasteiger partial charge is 0.146 e. The van der Waals surface area contributed by atoms with Gasteiger partial charge in [0, 0.05) is 12.5 Å². The molecule has 0 saturated heterocycles. The molecule has 1 aromatic rings. The number of nitrogens with two attached hydrogens (primary N) is 1. The van der Waals surface area contributed by atoms with Gasteiger partial charge in [-0.2, -0.15) is 0 Å². The van der Waals surface area contributed by atoms with E-state index in [1.807, 2.05) is 0 Å². The maximum atomic E-state index is 5.54. The van der Waals surface area contributed by atoms with Crippen molar-refractivity contribution in [3.05, 3.63) is 11.6 Å². The first-order valence-corrected chi connectivity index (χ1v) is 4.48. The molecule has 1 heterocycles. The van der Waals surface area contributed by atoms with Crippen LogP contribution in [0, 0.1) is 0 Å². The standard InChI is InChI=1S/C8H14N4/c1-2-12-7(5-9)10-11-8(12)6-3-4-6/h6H,2-5,9H2,1H3. The van der Waals surface area contributed by atoms with E-state index < -0.39 is 0 Å². The number of rotatable bonds is 3. The molecule has 66 valence electrons. The molecule has 1 aliphatic rings. The Labute approximate surface area is 71.8 Å². The van der Waals surface area contributed by atoms with Gasteiger partial charge in [0.1, 0.15) is 11.6 Å². The molecule has 0 bridgehead atoms. The predicted molar refractivity (Wildman–Crippen MR) is 45.6 cm³/mol. The lowest BCUT2D eigenvalue weighted by Crippen LogP contribution is -2.09. The summed E-state index contributed by atoms with van der Waals surface area (Å²) in [6.45, 7) is 3.54. The van der Waals surface area contributed by atoms with Crippen LogP contribution in [0.1, 0.15) is 37.3 Å². The van der Waals surface area contributed by atoms with Crippen molar-refractivity contribution in [1.82, 2.24) is 14.8 Å². The average molecular weight is 166 g/mol. The molecule has 4 nitrogen and oxygen atoms in total. The zero-order valence-electron chi connectivity index (χ0n) is 7.32. The number of aromatic nitrogens is 3. The number of nitrogens with zero attached hydrogens (tertiary/aromatic N) is 3. The maximum absolute atomic E-state index is 5.54. The Morgan fingerprint density at radius 2 is 2.25 bits per heavy atom. The quantitative estimate of drug-likeness (QED) is 0.716. The zero-order chi connectivity index (χ0) is 8.55. The van der Waals surface area contributed by atoms with E-state index in [-0.39, 0.29) is 0 Å². The maximum Gasteiger partial charge on any atom is 0.146 e. The third-order valence-corrected chi connectivity index (χ3v) is 2.30. The molecule has 2 rings (SSSR count). The van der Waals surface area contributed by atoms with Gasteiger partial charge in [-0.3, -0.25) is 0 Å². The van der Waals surface area contributed by atoms with E-state index >= 15 is 0 Å². The van der Waals surface area contributed by atoms with Crippen LogP contribution in [0.5, 0.6) is 0 Å².